The Hall–Kier alpha value is -0.590. The Morgan fingerprint density at radius 3 is 2.79 bits per heavy atom. The fourth-order valence-electron chi connectivity index (χ4n) is 2.91. The minimum absolute atomic E-state index is 0.365. The summed E-state index contributed by atoms with van der Waals surface area (Å²) in [7, 11) is 0. The molecule has 0 radical (unpaired) electrons. The largest absolute Gasteiger partial charge is 0.295 e. The topological polar surface area (TPSA) is 17.1 Å². The molecule has 0 amide bonds. The van der Waals surface area contributed by atoms with Gasteiger partial charge in [-0.15, -0.1) is 0 Å². The molecule has 78 valence electrons. The summed E-state index contributed by atoms with van der Waals surface area (Å²) in [5, 5.41) is 0. The molecule has 0 saturated heterocycles. The molecule has 2 unspecified atom stereocenters. The van der Waals surface area contributed by atoms with Gasteiger partial charge < -0.3 is 0 Å². The van der Waals surface area contributed by atoms with Crippen LogP contribution in [0.4, 0.5) is 0 Å². The molecule has 0 aromatic rings. The lowest BCUT2D eigenvalue weighted by Crippen LogP contribution is -2.18. The first-order valence-electron chi connectivity index (χ1n) is 5.99. The standard InChI is InChI=1S/C13H20O/c1-10-4-2-5-11(8-10)12-6-3-7-13(14)9-12/h9-11H,2-8H2,1H3. The molecule has 2 rings (SSSR count). The normalized spacial score (nSPS) is 34.1. The van der Waals surface area contributed by atoms with E-state index in [9.17, 15) is 4.79 Å². The molecule has 0 aliphatic heterocycles. The van der Waals surface area contributed by atoms with E-state index in [0.29, 0.717) is 5.78 Å². The number of allylic oxidation sites excluding steroid dienone is 2. The van der Waals surface area contributed by atoms with Crippen molar-refractivity contribution < 1.29 is 4.79 Å². The lowest BCUT2D eigenvalue weighted by molar-refractivity contribution is -0.115. The predicted octanol–water partition coefficient (Wildman–Crippen LogP) is 3.49. The molecular formula is C13H20O. The molecule has 2 aliphatic carbocycles. The Labute approximate surface area is 86.6 Å². The number of hydrogen-bond donors (Lipinski definition) is 0. The SMILES string of the molecule is CC1CCCC(C2=CC(=O)CCC2)C1. The third-order valence-corrected chi connectivity index (χ3v) is 3.70. The van der Waals surface area contributed by atoms with Crippen molar-refractivity contribution in [3.8, 4) is 0 Å². The van der Waals surface area contributed by atoms with Crippen LogP contribution in [0.15, 0.2) is 11.6 Å². The number of carbonyl (C=O) groups is 1. The van der Waals surface area contributed by atoms with Crippen LogP contribution in [0.25, 0.3) is 0 Å². The van der Waals surface area contributed by atoms with Crippen LogP contribution in [0, 0.1) is 11.8 Å². The molecule has 1 fully saturated rings. The molecule has 0 bridgehead atoms. The maximum atomic E-state index is 11.3. The second-order valence-corrected chi connectivity index (χ2v) is 5.01. The monoisotopic (exact) mass is 192 g/mol. The summed E-state index contributed by atoms with van der Waals surface area (Å²) in [5.41, 5.74) is 1.47. The minimum Gasteiger partial charge on any atom is -0.295 e. The third kappa shape index (κ3) is 2.26. The van der Waals surface area contributed by atoms with Crippen molar-refractivity contribution in [2.45, 2.75) is 51.9 Å². The highest BCUT2D eigenvalue weighted by Crippen LogP contribution is 2.36. The van der Waals surface area contributed by atoms with Gasteiger partial charge in [-0.05, 0) is 43.6 Å². The molecule has 1 saturated carbocycles. The molecule has 2 atom stereocenters. The minimum atomic E-state index is 0.365. The van der Waals surface area contributed by atoms with E-state index >= 15 is 0 Å². The van der Waals surface area contributed by atoms with Crippen LogP contribution in [0.2, 0.25) is 0 Å². The van der Waals surface area contributed by atoms with Crippen molar-refractivity contribution in [2.24, 2.45) is 11.8 Å². The van der Waals surface area contributed by atoms with Crippen molar-refractivity contribution >= 4 is 5.78 Å². The summed E-state index contributed by atoms with van der Waals surface area (Å²) in [4.78, 5) is 11.3. The fraction of sp³-hybridized carbons (Fsp3) is 0.769. The zero-order valence-electron chi connectivity index (χ0n) is 9.09. The lowest BCUT2D eigenvalue weighted by Gasteiger charge is -2.30. The Kier molecular flexibility index (Phi) is 3.05. The van der Waals surface area contributed by atoms with Crippen molar-refractivity contribution in [3.63, 3.8) is 0 Å². The number of rotatable bonds is 1. The van der Waals surface area contributed by atoms with Gasteiger partial charge in [-0.1, -0.05) is 25.3 Å². The summed E-state index contributed by atoms with van der Waals surface area (Å²) in [6, 6.07) is 0. The molecular weight excluding hydrogens is 172 g/mol. The van der Waals surface area contributed by atoms with Gasteiger partial charge in [0.25, 0.3) is 0 Å². The summed E-state index contributed by atoms with van der Waals surface area (Å²) in [6.45, 7) is 2.34. The first-order chi connectivity index (χ1) is 6.75. The molecule has 0 heterocycles. The summed E-state index contributed by atoms with van der Waals surface area (Å²) >= 11 is 0. The van der Waals surface area contributed by atoms with Crippen LogP contribution in [-0.4, -0.2) is 5.78 Å². The van der Waals surface area contributed by atoms with Crippen LogP contribution >= 0.6 is 0 Å². The lowest BCUT2D eigenvalue weighted by atomic mass is 9.76. The van der Waals surface area contributed by atoms with Crippen molar-refractivity contribution in [2.75, 3.05) is 0 Å². The van der Waals surface area contributed by atoms with Crippen molar-refractivity contribution in [1.82, 2.24) is 0 Å². The second-order valence-electron chi connectivity index (χ2n) is 5.01. The van der Waals surface area contributed by atoms with E-state index in [1.165, 1.54) is 37.7 Å². The Morgan fingerprint density at radius 1 is 1.21 bits per heavy atom. The van der Waals surface area contributed by atoms with Gasteiger partial charge in [0.2, 0.25) is 0 Å². The Morgan fingerprint density at radius 2 is 2.07 bits per heavy atom. The van der Waals surface area contributed by atoms with Crippen LogP contribution in [-0.2, 0) is 4.79 Å². The van der Waals surface area contributed by atoms with E-state index in [4.69, 9.17) is 0 Å². The Bertz CT molecular complexity index is 252. The van der Waals surface area contributed by atoms with E-state index in [2.05, 4.69) is 6.92 Å². The van der Waals surface area contributed by atoms with Gasteiger partial charge in [0.05, 0.1) is 0 Å². The van der Waals surface area contributed by atoms with Gasteiger partial charge >= 0.3 is 0 Å². The van der Waals surface area contributed by atoms with Gasteiger partial charge in [0.1, 0.15) is 0 Å². The summed E-state index contributed by atoms with van der Waals surface area (Å²) < 4.78 is 0. The number of hydrogen-bond acceptors (Lipinski definition) is 1. The highest BCUT2D eigenvalue weighted by Gasteiger charge is 2.23. The van der Waals surface area contributed by atoms with E-state index in [-0.39, 0.29) is 0 Å². The van der Waals surface area contributed by atoms with Gasteiger partial charge in [0.15, 0.2) is 5.78 Å². The maximum Gasteiger partial charge on any atom is 0.155 e. The quantitative estimate of drug-likeness (QED) is 0.621. The zero-order valence-corrected chi connectivity index (χ0v) is 9.09. The Balaban J connectivity index is 2.02. The molecule has 2 aliphatic rings. The van der Waals surface area contributed by atoms with E-state index in [1.807, 2.05) is 6.08 Å². The van der Waals surface area contributed by atoms with Crippen molar-refractivity contribution in [1.29, 1.82) is 0 Å². The highest BCUT2D eigenvalue weighted by molar-refractivity contribution is 5.91. The van der Waals surface area contributed by atoms with E-state index in [1.54, 1.807) is 0 Å². The summed E-state index contributed by atoms with van der Waals surface area (Å²) in [6.07, 6.45) is 10.4. The van der Waals surface area contributed by atoms with Gasteiger partial charge in [-0.25, -0.2) is 0 Å². The van der Waals surface area contributed by atoms with Crippen LogP contribution < -0.4 is 0 Å². The average Bonchev–Trinajstić information content (AvgIpc) is 2.18. The fourth-order valence-corrected chi connectivity index (χ4v) is 2.91. The molecule has 0 aromatic heterocycles. The van der Waals surface area contributed by atoms with Crippen molar-refractivity contribution in [3.05, 3.63) is 11.6 Å². The molecule has 14 heavy (non-hydrogen) atoms. The van der Waals surface area contributed by atoms with E-state index < -0.39 is 0 Å². The predicted molar refractivity (Wildman–Crippen MR) is 58.1 cm³/mol. The third-order valence-electron chi connectivity index (χ3n) is 3.70. The van der Waals surface area contributed by atoms with Gasteiger partial charge in [-0.3, -0.25) is 4.79 Å². The molecule has 0 N–H and O–H groups in total. The van der Waals surface area contributed by atoms with Gasteiger partial charge in [0, 0.05) is 6.42 Å². The van der Waals surface area contributed by atoms with Crippen LogP contribution in [0.5, 0.6) is 0 Å². The summed E-state index contributed by atoms with van der Waals surface area (Å²) in [5.74, 6) is 1.97. The van der Waals surface area contributed by atoms with Crippen LogP contribution in [0.3, 0.4) is 0 Å². The second kappa shape index (κ2) is 4.29. The molecule has 1 heteroatoms. The van der Waals surface area contributed by atoms with Crippen LogP contribution in [0.1, 0.15) is 51.9 Å². The highest BCUT2D eigenvalue weighted by atomic mass is 16.1. The van der Waals surface area contributed by atoms with E-state index in [0.717, 1.165) is 24.7 Å². The molecule has 1 nitrogen and oxygen atoms in total. The first-order valence-corrected chi connectivity index (χ1v) is 5.99. The van der Waals surface area contributed by atoms with Gasteiger partial charge in [-0.2, -0.15) is 0 Å². The average molecular weight is 192 g/mol. The molecule has 0 aromatic carbocycles. The number of ketones is 1. The zero-order chi connectivity index (χ0) is 9.97. The first kappa shape index (κ1) is 9.95. The maximum absolute atomic E-state index is 11.3. The number of carbonyl (C=O) groups excluding carboxylic acids is 1. The molecule has 0 spiro atoms. The smallest absolute Gasteiger partial charge is 0.155 e.